The number of carbonyl (C=O) groups is 1. The van der Waals surface area contributed by atoms with Crippen LogP contribution < -0.4 is 4.74 Å². The summed E-state index contributed by atoms with van der Waals surface area (Å²) in [5.74, 6) is -4.74. The van der Waals surface area contributed by atoms with E-state index in [4.69, 9.17) is 4.74 Å². The zero-order valence-electron chi connectivity index (χ0n) is 10.00. The number of hydrogen-bond acceptors (Lipinski definition) is 2. The predicted molar refractivity (Wildman–Crippen MR) is 62.5 cm³/mol. The third-order valence-electron chi connectivity index (χ3n) is 2.45. The molecule has 0 aliphatic heterocycles. The average molecular weight is 284 g/mol. The second kappa shape index (κ2) is 5.73. The zero-order chi connectivity index (χ0) is 14.7. The molecular weight excluding hydrogens is 276 g/mol. The normalized spacial score (nSPS) is 10.4. The van der Waals surface area contributed by atoms with E-state index < -0.39 is 35.7 Å². The van der Waals surface area contributed by atoms with E-state index in [1.165, 1.54) is 0 Å². The van der Waals surface area contributed by atoms with Gasteiger partial charge in [-0.25, -0.2) is 17.6 Å². The molecule has 0 heterocycles. The van der Waals surface area contributed by atoms with Gasteiger partial charge < -0.3 is 4.74 Å². The summed E-state index contributed by atoms with van der Waals surface area (Å²) in [5.41, 5.74) is -0.0965. The van der Waals surface area contributed by atoms with Crippen molar-refractivity contribution in [3.8, 4) is 5.75 Å². The van der Waals surface area contributed by atoms with Crippen molar-refractivity contribution in [1.29, 1.82) is 0 Å². The molecule has 0 aliphatic rings. The van der Waals surface area contributed by atoms with Gasteiger partial charge in [0.15, 0.2) is 24.0 Å². The predicted octanol–water partition coefficient (Wildman–Crippen LogP) is 3.50. The van der Waals surface area contributed by atoms with E-state index >= 15 is 0 Å². The topological polar surface area (TPSA) is 26.3 Å². The molecule has 104 valence electrons. The molecule has 2 nitrogen and oxygen atoms in total. The molecule has 0 fully saturated rings. The number of hydrogen-bond donors (Lipinski definition) is 0. The summed E-state index contributed by atoms with van der Waals surface area (Å²) in [4.78, 5) is 11.6. The Kier molecular flexibility index (Phi) is 4.02. The Labute approximate surface area is 111 Å². The van der Waals surface area contributed by atoms with Crippen LogP contribution in [0, 0.1) is 23.3 Å². The summed E-state index contributed by atoms with van der Waals surface area (Å²) < 4.78 is 56.3. The van der Waals surface area contributed by atoms with Crippen LogP contribution in [-0.2, 0) is 0 Å². The molecule has 2 aromatic rings. The van der Waals surface area contributed by atoms with E-state index in [-0.39, 0.29) is 11.3 Å². The summed E-state index contributed by atoms with van der Waals surface area (Å²) in [7, 11) is 0. The van der Waals surface area contributed by atoms with Gasteiger partial charge in [0.05, 0.1) is 0 Å². The third-order valence-corrected chi connectivity index (χ3v) is 2.45. The molecule has 0 bridgehead atoms. The molecule has 0 saturated heterocycles. The van der Waals surface area contributed by atoms with E-state index in [1.807, 2.05) is 0 Å². The maximum Gasteiger partial charge on any atom is 0.200 e. The first-order chi connectivity index (χ1) is 9.45. The van der Waals surface area contributed by atoms with Crippen LogP contribution in [0.4, 0.5) is 17.6 Å². The Bertz CT molecular complexity index is 635. The lowest BCUT2D eigenvalue weighted by Gasteiger charge is -2.06. The van der Waals surface area contributed by atoms with Gasteiger partial charge in [0.2, 0.25) is 0 Å². The molecule has 0 unspecified atom stereocenters. The molecule has 2 aromatic carbocycles. The SMILES string of the molecule is O=C(COc1cc(F)cc(F)c1)c1ccc(F)c(F)c1. The highest BCUT2D eigenvalue weighted by Crippen LogP contribution is 2.16. The standard InChI is InChI=1S/C14H8F4O2/c15-9-4-10(16)6-11(5-9)20-7-14(19)8-1-2-12(17)13(18)3-8/h1-6H,7H2. The summed E-state index contributed by atoms with van der Waals surface area (Å²) in [6.07, 6.45) is 0. The minimum absolute atomic E-state index is 0.0965. The van der Waals surface area contributed by atoms with Gasteiger partial charge in [0, 0.05) is 23.8 Å². The van der Waals surface area contributed by atoms with Crippen molar-refractivity contribution >= 4 is 5.78 Å². The van der Waals surface area contributed by atoms with Gasteiger partial charge in [0.25, 0.3) is 0 Å². The summed E-state index contributed by atoms with van der Waals surface area (Å²) in [5, 5.41) is 0. The van der Waals surface area contributed by atoms with Gasteiger partial charge in [-0.05, 0) is 18.2 Å². The van der Waals surface area contributed by atoms with Crippen molar-refractivity contribution in [2.24, 2.45) is 0 Å². The molecule has 0 amide bonds. The van der Waals surface area contributed by atoms with Crippen LogP contribution in [0.5, 0.6) is 5.75 Å². The highest BCUT2D eigenvalue weighted by Gasteiger charge is 2.11. The number of benzene rings is 2. The third kappa shape index (κ3) is 3.34. The molecule has 0 radical (unpaired) electrons. The van der Waals surface area contributed by atoms with Crippen LogP contribution in [0.1, 0.15) is 10.4 Å². The Balaban J connectivity index is 2.06. The van der Waals surface area contributed by atoms with Gasteiger partial charge in [-0.15, -0.1) is 0 Å². The van der Waals surface area contributed by atoms with Crippen molar-refractivity contribution < 1.29 is 27.1 Å². The fourth-order valence-electron chi connectivity index (χ4n) is 1.51. The maximum atomic E-state index is 12.9. The van der Waals surface area contributed by atoms with Crippen LogP contribution in [-0.4, -0.2) is 12.4 Å². The molecule has 0 atom stereocenters. The van der Waals surface area contributed by atoms with Gasteiger partial charge in [-0.2, -0.15) is 0 Å². The summed E-state index contributed by atoms with van der Waals surface area (Å²) in [6, 6.07) is 5.10. The van der Waals surface area contributed by atoms with E-state index in [0.29, 0.717) is 6.07 Å². The zero-order valence-corrected chi connectivity index (χ0v) is 10.00. The van der Waals surface area contributed by atoms with Gasteiger partial charge in [-0.1, -0.05) is 0 Å². The van der Waals surface area contributed by atoms with E-state index in [2.05, 4.69) is 0 Å². The Morgan fingerprint density at radius 1 is 0.900 bits per heavy atom. The molecule has 0 aliphatic carbocycles. The molecule has 6 heteroatoms. The molecule has 0 spiro atoms. The first-order valence-electron chi connectivity index (χ1n) is 5.53. The molecule has 2 rings (SSSR count). The number of halogens is 4. The second-order valence-electron chi connectivity index (χ2n) is 3.95. The maximum absolute atomic E-state index is 12.9. The number of carbonyl (C=O) groups excluding carboxylic acids is 1. The highest BCUT2D eigenvalue weighted by molar-refractivity contribution is 5.97. The fraction of sp³-hybridized carbons (Fsp3) is 0.0714. The molecule has 0 N–H and O–H groups in total. The van der Waals surface area contributed by atoms with Crippen molar-refractivity contribution in [3.05, 3.63) is 65.2 Å². The van der Waals surface area contributed by atoms with Crippen molar-refractivity contribution in [2.45, 2.75) is 0 Å². The highest BCUT2D eigenvalue weighted by atomic mass is 19.2. The quantitative estimate of drug-likeness (QED) is 0.634. The van der Waals surface area contributed by atoms with Crippen molar-refractivity contribution in [1.82, 2.24) is 0 Å². The monoisotopic (exact) mass is 284 g/mol. The van der Waals surface area contributed by atoms with E-state index in [0.717, 1.165) is 30.3 Å². The minimum Gasteiger partial charge on any atom is -0.485 e. The van der Waals surface area contributed by atoms with Crippen LogP contribution in [0.15, 0.2) is 36.4 Å². The average Bonchev–Trinajstić information content (AvgIpc) is 2.38. The minimum atomic E-state index is -1.16. The first kappa shape index (κ1) is 14.0. The fourth-order valence-corrected chi connectivity index (χ4v) is 1.51. The van der Waals surface area contributed by atoms with E-state index in [9.17, 15) is 22.4 Å². The summed E-state index contributed by atoms with van der Waals surface area (Å²) in [6.45, 7) is -0.548. The first-order valence-corrected chi connectivity index (χ1v) is 5.53. The largest absolute Gasteiger partial charge is 0.485 e. The number of ether oxygens (including phenoxy) is 1. The van der Waals surface area contributed by atoms with Gasteiger partial charge in [0.1, 0.15) is 17.4 Å². The Morgan fingerprint density at radius 2 is 1.55 bits per heavy atom. The molecule has 0 saturated carbocycles. The van der Waals surface area contributed by atoms with Crippen LogP contribution >= 0.6 is 0 Å². The Morgan fingerprint density at radius 3 is 2.15 bits per heavy atom. The van der Waals surface area contributed by atoms with Crippen molar-refractivity contribution in [2.75, 3.05) is 6.61 Å². The molecule has 20 heavy (non-hydrogen) atoms. The number of Topliss-reactive ketones (excluding diaryl/α,β-unsaturated/α-hetero) is 1. The van der Waals surface area contributed by atoms with Gasteiger partial charge >= 0.3 is 0 Å². The van der Waals surface area contributed by atoms with Gasteiger partial charge in [-0.3, -0.25) is 4.79 Å². The number of ketones is 1. The van der Waals surface area contributed by atoms with Crippen LogP contribution in [0.2, 0.25) is 0 Å². The lowest BCUT2D eigenvalue weighted by molar-refractivity contribution is 0.0920. The van der Waals surface area contributed by atoms with Crippen LogP contribution in [0.3, 0.4) is 0 Å². The second-order valence-corrected chi connectivity index (χ2v) is 3.95. The van der Waals surface area contributed by atoms with E-state index in [1.54, 1.807) is 0 Å². The van der Waals surface area contributed by atoms with Crippen LogP contribution in [0.25, 0.3) is 0 Å². The summed E-state index contributed by atoms with van der Waals surface area (Å²) >= 11 is 0. The smallest absolute Gasteiger partial charge is 0.200 e. The molecular formula is C14H8F4O2. The molecule has 0 aromatic heterocycles. The lowest BCUT2D eigenvalue weighted by Crippen LogP contribution is -2.12. The van der Waals surface area contributed by atoms with Crippen molar-refractivity contribution in [3.63, 3.8) is 0 Å². The Hall–Kier alpha value is -2.37. The lowest BCUT2D eigenvalue weighted by atomic mass is 10.1. The number of rotatable bonds is 4.